The molecule has 0 aliphatic rings. The highest BCUT2D eigenvalue weighted by molar-refractivity contribution is 5.65. The zero-order valence-corrected chi connectivity index (χ0v) is 9.73. The molecule has 0 aliphatic heterocycles. The largest absolute Gasteiger partial charge is 0.494 e. The predicted molar refractivity (Wildman–Crippen MR) is 67.8 cm³/mol. The van der Waals surface area contributed by atoms with Gasteiger partial charge in [-0.25, -0.2) is 0 Å². The Bertz CT molecular complexity index is 457. The second kappa shape index (κ2) is 4.84. The molecule has 2 aromatic rings. The lowest BCUT2D eigenvalue weighted by Crippen LogP contribution is -1.91. The van der Waals surface area contributed by atoms with Gasteiger partial charge in [0.15, 0.2) is 0 Å². The van der Waals surface area contributed by atoms with Crippen LogP contribution in [0.25, 0.3) is 11.1 Å². The maximum atomic E-state index is 5.49. The summed E-state index contributed by atoms with van der Waals surface area (Å²) in [6, 6.07) is 16.7. The highest BCUT2D eigenvalue weighted by Crippen LogP contribution is 2.24. The molecule has 0 unspecified atom stereocenters. The number of benzene rings is 2. The maximum absolute atomic E-state index is 5.49. The fourth-order valence-electron chi connectivity index (χ4n) is 1.68. The lowest BCUT2D eigenvalue weighted by molar-refractivity contribution is 0.340. The van der Waals surface area contributed by atoms with Crippen molar-refractivity contribution < 1.29 is 4.74 Å². The van der Waals surface area contributed by atoms with Crippen LogP contribution in [-0.2, 0) is 0 Å². The molecule has 0 saturated carbocycles. The van der Waals surface area contributed by atoms with E-state index in [1.807, 2.05) is 19.1 Å². The van der Waals surface area contributed by atoms with E-state index in [1.165, 1.54) is 16.7 Å². The van der Waals surface area contributed by atoms with Gasteiger partial charge in [-0.15, -0.1) is 0 Å². The van der Waals surface area contributed by atoms with Crippen molar-refractivity contribution >= 4 is 0 Å². The van der Waals surface area contributed by atoms with E-state index >= 15 is 0 Å². The monoisotopic (exact) mass is 212 g/mol. The summed E-state index contributed by atoms with van der Waals surface area (Å²) in [5, 5.41) is 0. The minimum Gasteiger partial charge on any atom is -0.494 e. The molecule has 2 rings (SSSR count). The highest BCUT2D eigenvalue weighted by Gasteiger charge is 1.99. The van der Waals surface area contributed by atoms with Gasteiger partial charge in [-0.3, -0.25) is 0 Å². The fraction of sp³-hybridized carbons (Fsp3) is 0.200. The Labute approximate surface area is 96.7 Å². The van der Waals surface area contributed by atoms with Gasteiger partial charge >= 0.3 is 0 Å². The molecule has 1 nitrogen and oxygen atoms in total. The summed E-state index contributed by atoms with van der Waals surface area (Å²) in [7, 11) is 0. The first-order valence-electron chi connectivity index (χ1n) is 5.59. The molecule has 0 heterocycles. The molecule has 0 N–H and O–H groups in total. The quantitative estimate of drug-likeness (QED) is 0.745. The second-order valence-electron chi connectivity index (χ2n) is 3.83. The van der Waals surface area contributed by atoms with Crippen LogP contribution in [0.2, 0.25) is 0 Å². The number of hydrogen-bond acceptors (Lipinski definition) is 1. The van der Waals surface area contributed by atoms with Crippen LogP contribution in [0.1, 0.15) is 12.5 Å². The van der Waals surface area contributed by atoms with Crippen molar-refractivity contribution in [2.45, 2.75) is 13.8 Å². The zero-order chi connectivity index (χ0) is 11.4. The minimum atomic E-state index is 0.706. The van der Waals surface area contributed by atoms with Gasteiger partial charge in [0, 0.05) is 0 Å². The Morgan fingerprint density at radius 1 is 0.938 bits per heavy atom. The van der Waals surface area contributed by atoms with Crippen molar-refractivity contribution in [1.29, 1.82) is 0 Å². The van der Waals surface area contributed by atoms with Crippen LogP contribution < -0.4 is 4.74 Å². The Morgan fingerprint density at radius 2 is 1.69 bits per heavy atom. The molecule has 16 heavy (non-hydrogen) atoms. The van der Waals surface area contributed by atoms with Gasteiger partial charge in [0.25, 0.3) is 0 Å². The molecule has 0 aliphatic carbocycles. The first-order valence-corrected chi connectivity index (χ1v) is 5.59. The SMILES string of the molecule is CCOc1cccc(-c2ccc(C)cc2)c1. The van der Waals surface area contributed by atoms with Gasteiger partial charge in [0.05, 0.1) is 6.61 Å². The van der Waals surface area contributed by atoms with E-state index in [0.29, 0.717) is 6.61 Å². The third kappa shape index (κ3) is 2.43. The van der Waals surface area contributed by atoms with Crippen LogP contribution in [0, 0.1) is 6.92 Å². The van der Waals surface area contributed by atoms with Crippen molar-refractivity contribution in [2.75, 3.05) is 6.61 Å². The van der Waals surface area contributed by atoms with Crippen molar-refractivity contribution in [3.05, 3.63) is 54.1 Å². The van der Waals surface area contributed by atoms with Crippen molar-refractivity contribution in [1.82, 2.24) is 0 Å². The van der Waals surface area contributed by atoms with E-state index in [9.17, 15) is 0 Å². The van der Waals surface area contributed by atoms with E-state index in [2.05, 4.69) is 43.3 Å². The summed E-state index contributed by atoms with van der Waals surface area (Å²) in [5.74, 6) is 0.931. The molecular weight excluding hydrogens is 196 g/mol. The van der Waals surface area contributed by atoms with Gasteiger partial charge in [0.1, 0.15) is 5.75 Å². The van der Waals surface area contributed by atoms with Crippen LogP contribution >= 0.6 is 0 Å². The predicted octanol–water partition coefficient (Wildman–Crippen LogP) is 4.06. The van der Waals surface area contributed by atoms with Crippen LogP contribution in [0.3, 0.4) is 0 Å². The molecule has 82 valence electrons. The first kappa shape index (κ1) is 10.7. The summed E-state index contributed by atoms with van der Waals surface area (Å²) in [4.78, 5) is 0. The third-order valence-corrected chi connectivity index (χ3v) is 2.53. The fourth-order valence-corrected chi connectivity index (χ4v) is 1.68. The van der Waals surface area contributed by atoms with Gasteiger partial charge in [-0.05, 0) is 37.1 Å². The van der Waals surface area contributed by atoms with Crippen LogP contribution in [0.15, 0.2) is 48.5 Å². The summed E-state index contributed by atoms with van der Waals surface area (Å²) < 4.78 is 5.49. The Hall–Kier alpha value is -1.76. The van der Waals surface area contributed by atoms with E-state index in [0.717, 1.165) is 5.75 Å². The van der Waals surface area contributed by atoms with Crippen LogP contribution in [-0.4, -0.2) is 6.61 Å². The molecule has 0 fully saturated rings. The smallest absolute Gasteiger partial charge is 0.119 e. The zero-order valence-electron chi connectivity index (χ0n) is 9.73. The summed E-state index contributed by atoms with van der Waals surface area (Å²) in [6.45, 7) is 4.80. The van der Waals surface area contributed by atoms with E-state index in [4.69, 9.17) is 4.74 Å². The Balaban J connectivity index is 2.32. The summed E-state index contributed by atoms with van der Waals surface area (Å²) in [5.41, 5.74) is 3.71. The van der Waals surface area contributed by atoms with Crippen molar-refractivity contribution in [2.24, 2.45) is 0 Å². The molecule has 1 heteroatoms. The lowest BCUT2D eigenvalue weighted by atomic mass is 10.0. The minimum absolute atomic E-state index is 0.706. The summed E-state index contributed by atoms with van der Waals surface area (Å²) in [6.07, 6.45) is 0. The average molecular weight is 212 g/mol. The normalized spacial score (nSPS) is 10.1. The molecule has 0 radical (unpaired) electrons. The topological polar surface area (TPSA) is 9.23 Å². The standard InChI is InChI=1S/C15H16O/c1-3-16-15-6-4-5-14(11-15)13-9-7-12(2)8-10-13/h4-11H,3H2,1-2H3. The Morgan fingerprint density at radius 3 is 2.38 bits per heavy atom. The van der Waals surface area contributed by atoms with Gasteiger partial charge < -0.3 is 4.74 Å². The molecule has 0 saturated heterocycles. The Kier molecular flexibility index (Phi) is 3.25. The number of rotatable bonds is 3. The summed E-state index contributed by atoms with van der Waals surface area (Å²) >= 11 is 0. The van der Waals surface area contributed by atoms with E-state index in [1.54, 1.807) is 0 Å². The molecule has 2 aromatic carbocycles. The van der Waals surface area contributed by atoms with Crippen LogP contribution in [0.5, 0.6) is 5.75 Å². The number of aryl methyl sites for hydroxylation is 1. The first-order chi connectivity index (χ1) is 7.79. The van der Waals surface area contributed by atoms with Crippen molar-refractivity contribution in [3.8, 4) is 16.9 Å². The molecule has 0 spiro atoms. The van der Waals surface area contributed by atoms with E-state index in [-0.39, 0.29) is 0 Å². The average Bonchev–Trinajstić information content (AvgIpc) is 2.31. The maximum Gasteiger partial charge on any atom is 0.119 e. The number of ether oxygens (including phenoxy) is 1. The molecule has 0 aromatic heterocycles. The highest BCUT2D eigenvalue weighted by atomic mass is 16.5. The van der Waals surface area contributed by atoms with Gasteiger partial charge in [-0.2, -0.15) is 0 Å². The van der Waals surface area contributed by atoms with E-state index < -0.39 is 0 Å². The van der Waals surface area contributed by atoms with Gasteiger partial charge in [0.2, 0.25) is 0 Å². The molecular formula is C15H16O. The molecule has 0 amide bonds. The van der Waals surface area contributed by atoms with Crippen LogP contribution in [0.4, 0.5) is 0 Å². The second-order valence-corrected chi connectivity index (χ2v) is 3.83. The lowest BCUT2D eigenvalue weighted by Gasteiger charge is -2.06. The molecule has 0 bridgehead atoms. The van der Waals surface area contributed by atoms with Gasteiger partial charge in [-0.1, -0.05) is 42.0 Å². The third-order valence-electron chi connectivity index (χ3n) is 2.53. The van der Waals surface area contributed by atoms with Crippen molar-refractivity contribution in [3.63, 3.8) is 0 Å². The molecule has 0 atom stereocenters. The number of hydrogen-bond donors (Lipinski definition) is 0.